The van der Waals surface area contributed by atoms with Crippen molar-refractivity contribution in [3.8, 4) is 0 Å². The third-order valence-corrected chi connectivity index (χ3v) is 3.42. The number of Topliss-reactive ketones (excluding diaryl/α,β-unsaturated/α-hetero) is 1. The van der Waals surface area contributed by atoms with Gasteiger partial charge in [0.15, 0.2) is 0 Å². The smallest absolute Gasteiger partial charge is 0.310 e. The van der Waals surface area contributed by atoms with Crippen LogP contribution in [-0.2, 0) is 9.59 Å². The Hall–Kier alpha value is -0.860. The molecule has 1 N–H and O–H groups in total. The molecule has 1 rings (SSSR count). The molecule has 0 saturated heterocycles. The summed E-state index contributed by atoms with van der Waals surface area (Å²) in [5.41, 5.74) is -0.750. The molecule has 1 fully saturated rings. The molecule has 0 radical (unpaired) electrons. The summed E-state index contributed by atoms with van der Waals surface area (Å²) in [6.45, 7) is 3.67. The van der Waals surface area contributed by atoms with Crippen molar-refractivity contribution in [1.82, 2.24) is 0 Å². The lowest BCUT2D eigenvalue weighted by Gasteiger charge is -2.33. The van der Waals surface area contributed by atoms with Crippen LogP contribution in [0.5, 0.6) is 0 Å². The van der Waals surface area contributed by atoms with Crippen molar-refractivity contribution in [3.63, 3.8) is 0 Å². The normalized spacial score (nSPS) is 20.2. The first-order chi connectivity index (χ1) is 6.98. The van der Waals surface area contributed by atoms with E-state index < -0.39 is 11.4 Å². The SMILES string of the molecule is CC(C)C(=O)CC1(C(=O)O)CCCCC1. The number of hydrogen-bond donors (Lipinski definition) is 1. The lowest BCUT2D eigenvalue weighted by Crippen LogP contribution is -2.36. The van der Waals surface area contributed by atoms with Crippen LogP contribution < -0.4 is 0 Å². The van der Waals surface area contributed by atoms with Gasteiger partial charge in [0.2, 0.25) is 0 Å². The van der Waals surface area contributed by atoms with Gasteiger partial charge in [0.25, 0.3) is 0 Å². The van der Waals surface area contributed by atoms with Crippen LogP contribution in [0.15, 0.2) is 0 Å². The predicted octanol–water partition coefficient (Wildman–Crippen LogP) is 2.64. The minimum atomic E-state index is -0.781. The molecule has 3 heteroatoms. The van der Waals surface area contributed by atoms with Crippen LogP contribution in [-0.4, -0.2) is 16.9 Å². The summed E-state index contributed by atoms with van der Waals surface area (Å²) in [7, 11) is 0. The summed E-state index contributed by atoms with van der Waals surface area (Å²) in [6, 6.07) is 0. The van der Waals surface area contributed by atoms with E-state index in [9.17, 15) is 14.7 Å². The van der Waals surface area contributed by atoms with Crippen LogP contribution in [0.3, 0.4) is 0 Å². The lowest BCUT2D eigenvalue weighted by molar-refractivity contribution is -0.154. The van der Waals surface area contributed by atoms with Crippen molar-refractivity contribution in [2.24, 2.45) is 11.3 Å². The van der Waals surface area contributed by atoms with Crippen molar-refractivity contribution in [2.75, 3.05) is 0 Å². The maximum absolute atomic E-state index is 11.7. The third kappa shape index (κ3) is 2.80. The summed E-state index contributed by atoms with van der Waals surface area (Å²) < 4.78 is 0. The van der Waals surface area contributed by atoms with Gasteiger partial charge in [-0.05, 0) is 12.8 Å². The van der Waals surface area contributed by atoms with E-state index in [1.54, 1.807) is 0 Å². The monoisotopic (exact) mass is 212 g/mol. The molecular weight excluding hydrogens is 192 g/mol. The lowest BCUT2D eigenvalue weighted by atomic mass is 9.70. The minimum Gasteiger partial charge on any atom is -0.481 e. The standard InChI is InChI=1S/C12H20O3/c1-9(2)10(13)8-12(11(14)15)6-4-3-5-7-12/h9H,3-8H2,1-2H3,(H,14,15). The molecule has 0 bridgehead atoms. The summed E-state index contributed by atoms with van der Waals surface area (Å²) in [5.74, 6) is -0.751. The Kier molecular flexibility index (Phi) is 3.89. The number of ketones is 1. The van der Waals surface area contributed by atoms with Gasteiger partial charge in [0, 0.05) is 12.3 Å². The molecule has 0 aromatic rings. The highest BCUT2D eigenvalue weighted by atomic mass is 16.4. The molecule has 0 aromatic carbocycles. The van der Waals surface area contributed by atoms with Gasteiger partial charge >= 0.3 is 5.97 Å². The Morgan fingerprint density at radius 3 is 2.13 bits per heavy atom. The van der Waals surface area contributed by atoms with E-state index >= 15 is 0 Å². The van der Waals surface area contributed by atoms with E-state index in [1.807, 2.05) is 13.8 Å². The van der Waals surface area contributed by atoms with Crippen LogP contribution in [0.25, 0.3) is 0 Å². The molecule has 3 nitrogen and oxygen atoms in total. The second-order valence-electron chi connectivity index (χ2n) is 4.94. The van der Waals surface area contributed by atoms with E-state index in [4.69, 9.17) is 0 Å². The fourth-order valence-electron chi connectivity index (χ4n) is 2.23. The van der Waals surface area contributed by atoms with Gasteiger partial charge < -0.3 is 5.11 Å². The number of hydrogen-bond acceptors (Lipinski definition) is 2. The summed E-state index contributed by atoms with van der Waals surface area (Å²) in [5, 5.41) is 9.27. The minimum absolute atomic E-state index is 0.0526. The molecule has 15 heavy (non-hydrogen) atoms. The van der Waals surface area contributed by atoms with Crippen LogP contribution in [0.1, 0.15) is 52.4 Å². The first-order valence-electron chi connectivity index (χ1n) is 5.74. The van der Waals surface area contributed by atoms with E-state index in [0.717, 1.165) is 19.3 Å². The summed E-state index contributed by atoms with van der Waals surface area (Å²) >= 11 is 0. The third-order valence-electron chi connectivity index (χ3n) is 3.42. The molecule has 0 spiro atoms. The van der Waals surface area contributed by atoms with Gasteiger partial charge in [-0.3, -0.25) is 9.59 Å². The van der Waals surface area contributed by atoms with E-state index in [0.29, 0.717) is 12.8 Å². The maximum atomic E-state index is 11.7. The van der Waals surface area contributed by atoms with Crippen molar-refractivity contribution in [2.45, 2.75) is 52.4 Å². The maximum Gasteiger partial charge on any atom is 0.310 e. The second kappa shape index (κ2) is 4.77. The van der Waals surface area contributed by atoms with Crippen LogP contribution in [0.2, 0.25) is 0 Å². The fraction of sp³-hybridized carbons (Fsp3) is 0.833. The molecule has 86 valence electrons. The van der Waals surface area contributed by atoms with Crippen molar-refractivity contribution in [1.29, 1.82) is 0 Å². The molecule has 0 amide bonds. The Balaban J connectivity index is 2.73. The topological polar surface area (TPSA) is 54.4 Å². The van der Waals surface area contributed by atoms with Gasteiger partial charge in [-0.15, -0.1) is 0 Å². The van der Waals surface area contributed by atoms with Crippen LogP contribution in [0.4, 0.5) is 0 Å². The first-order valence-corrected chi connectivity index (χ1v) is 5.74. The van der Waals surface area contributed by atoms with Gasteiger partial charge in [0.1, 0.15) is 5.78 Å². The highest BCUT2D eigenvalue weighted by Gasteiger charge is 2.41. The van der Waals surface area contributed by atoms with Gasteiger partial charge in [-0.25, -0.2) is 0 Å². The highest BCUT2D eigenvalue weighted by molar-refractivity contribution is 5.87. The first kappa shape index (κ1) is 12.2. The molecule has 0 atom stereocenters. The van der Waals surface area contributed by atoms with Crippen molar-refractivity contribution < 1.29 is 14.7 Å². The van der Waals surface area contributed by atoms with Crippen molar-refractivity contribution in [3.05, 3.63) is 0 Å². The largest absolute Gasteiger partial charge is 0.481 e. The van der Waals surface area contributed by atoms with E-state index in [-0.39, 0.29) is 18.1 Å². The average molecular weight is 212 g/mol. The number of carbonyl (C=O) groups excluding carboxylic acids is 1. The average Bonchev–Trinajstić information content (AvgIpc) is 2.18. The van der Waals surface area contributed by atoms with Crippen molar-refractivity contribution >= 4 is 11.8 Å². The Bertz CT molecular complexity index is 250. The van der Waals surface area contributed by atoms with Crippen LogP contribution >= 0.6 is 0 Å². The zero-order valence-corrected chi connectivity index (χ0v) is 9.58. The Morgan fingerprint density at radius 1 is 1.20 bits per heavy atom. The molecule has 1 aliphatic carbocycles. The Morgan fingerprint density at radius 2 is 1.73 bits per heavy atom. The molecule has 0 aliphatic heterocycles. The molecule has 1 saturated carbocycles. The van der Waals surface area contributed by atoms with Gasteiger partial charge in [-0.2, -0.15) is 0 Å². The number of carboxylic acid groups (broad SMARTS) is 1. The Labute approximate surface area is 90.9 Å². The highest BCUT2D eigenvalue weighted by Crippen LogP contribution is 2.40. The number of carboxylic acids is 1. The predicted molar refractivity (Wildman–Crippen MR) is 57.6 cm³/mol. The molecular formula is C12H20O3. The fourth-order valence-corrected chi connectivity index (χ4v) is 2.23. The number of carbonyl (C=O) groups is 2. The molecule has 1 aliphatic rings. The zero-order chi connectivity index (χ0) is 11.5. The zero-order valence-electron chi connectivity index (χ0n) is 9.58. The van der Waals surface area contributed by atoms with Gasteiger partial charge in [0.05, 0.1) is 5.41 Å². The molecule has 0 aromatic heterocycles. The number of aliphatic carboxylic acids is 1. The van der Waals surface area contributed by atoms with Gasteiger partial charge in [-0.1, -0.05) is 33.1 Å². The quantitative estimate of drug-likeness (QED) is 0.779. The molecule has 0 heterocycles. The van der Waals surface area contributed by atoms with Crippen LogP contribution in [0, 0.1) is 11.3 Å². The number of rotatable bonds is 4. The van der Waals surface area contributed by atoms with E-state index in [1.165, 1.54) is 0 Å². The van der Waals surface area contributed by atoms with E-state index in [2.05, 4.69) is 0 Å². The second-order valence-corrected chi connectivity index (χ2v) is 4.94. The summed E-state index contributed by atoms with van der Waals surface area (Å²) in [4.78, 5) is 22.9. The molecule has 0 unspecified atom stereocenters. The summed E-state index contributed by atoms with van der Waals surface area (Å²) in [6.07, 6.45) is 4.54.